The Morgan fingerprint density at radius 3 is 2.68 bits per heavy atom. The van der Waals surface area contributed by atoms with Crippen molar-refractivity contribution in [1.82, 2.24) is 9.97 Å². The molecule has 4 nitrogen and oxygen atoms in total. The second kappa shape index (κ2) is 5.45. The molecule has 19 heavy (non-hydrogen) atoms. The molecular weight excluding hydrogens is 280 g/mol. The van der Waals surface area contributed by atoms with Gasteiger partial charge in [-0.25, -0.2) is 15.8 Å². The number of thiophene rings is 1. The molecule has 2 heterocycles. The molecule has 3 N–H and O–H groups in total. The maximum absolute atomic E-state index is 5.97. The van der Waals surface area contributed by atoms with Crippen molar-refractivity contribution in [1.29, 1.82) is 0 Å². The molecule has 6 heteroatoms. The number of halogens is 1. The minimum atomic E-state index is 0.532. The normalized spacial score (nSPS) is 15.9. The second-order valence-corrected chi connectivity index (χ2v) is 6.45. The van der Waals surface area contributed by atoms with Crippen LogP contribution in [0.5, 0.6) is 0 Å². The third-order valence-electron chi connectivity index (χ3n) is 3.46. The van der Waals surface area contributed by atoms with Crippen LogP contribution in [0, 0.1) is 0 Å². The predicted molar refractivity (Wildman–Crippen MR) is 79.4 cm³/mol. The Morgan fingerprint density at radius 1 is 1.26 bits per heavy atom. The van der Waals surface area contributed by atoms with Crippen LogP contribution in [0.15, 0.2) is 18.2 Å². The standard InChI is InChI=1S/C13H15ClN4S/c14-11-6-5-10(19-11)13-16-9(7-12(17-13)18-15)8-3-1-2-4-8/h5-8H,1-4,15H2,(H,16,17,18). The van der Waals surface area contributed by atoms with Gasteiger partial charge in [-0.3, -0.25) is 0 Å². The van der Waals surface area contributed by atoms with E-state index in [0.717, 1.165) is 14.9 Å². The molecule has 100 valence electrons. The van der Waals surface area contributed by atoms with Crippen LogP contribution in [0.2, 0.25) is 4.34 Å². The second-order valence-electron chi connectivity index (χ2n) is 4.73. The predicted octanol–water partition coefficient (Wildman–Crippen LogP) is 3.80. The van der Waals surface area contributed by atoms with Gasteiger partial charge in [0, 0.05) is 17.7 Å². The lowest BCUT2D eigenvalue weighted by Gasteiger charge is -2.11. The molecule has 0 spiro atoms. The van der Waals surface area contributed by atoms with Gasteiger partial charge in [-0.1, -0.05) is 24.4 Å². The summed E-state index contributed by atoms with van der Waals surface area (Å²) in [4.78, 5) is 10.1. The fraction of sp³-hybridized carbons (Fsp3) is 0.385. The fourth-order valence-corrected chi connectivity index (χ4v) is 3.49. The van der Waals surface area contributed by atoms with E-state index in [1.54, 1.807) is 0 Å². The Labute approximate surface area is 121 Å². The highest BCUT2D eigenvalue weighted by atomic mass is 35.5. The molecule has 0 amide bonds. The molecule has 1 aliphatic rings. The first-order valence-electron chi connectivity index (χ1n) is 6.37. The van der Waals surface area contributed by atoms with E-state index in [-0.39, 0.29) is 0 Å². The maximum atomic E-state index is 5.97. The molecule has 2 aromatic heterocycles. The van der Waals surface area contributed by atoms with Gasteiger partial charge in [0.05, 0.1) is 9.21 Å². The number of hydrogen-bond donors (Lipinski definition) is 2. The zero-order valence-corrected chi connectivity index (χ0v) is 12.0. The Hall–Kier alpha value is -1.17. The summed E-state index contributed by atoms with van der Waals surface area (Å²) in [5, 5.41) is 0. The number of hydrogen-bond acceptors (Lipinski definition) is 5. The Morgan fingerprint density at radius 2 is 2.05 bits per heavy atom. The molecule has 0 radical (unpaired) electrons. The number of aromatic nitrogens is 2. The van der Waals surface area contributed by atoms with E-state index in [0.29, 0.717) is 17.6 Å². The summed E-state index contributed by atoms with van der Waals surface area (Å²) in [6.07, 6.45) is 4.96. The average molecular weight is 295 g/mol. The Kier molecular flexibility index (Phi) is 3.68. The van der Waals surface area contributed by atoms with Gasteiger partial charge in [0.15, 0.2) is 5.82 Å². The van der Waals surface area contributed by atoms with Crippen LogP contribution in [-0.2, 0) is 0 Å². The number of nitrogen functional groups attached to an aromatic ring is 1. The lowest BCUT2D eigenvalue weighted by Crippen LogP contribution is -2.11. The number of nitrogens with two attached hydrogens (primary N) is 1. The van der Waals surface area contributed by atoms with Crippen molar-refractivity contribution in [3.8, 4) is 10.7 Å². The molecule has 0 atom stereocenters. The molecule has 2 aromatic rings. The van der Waals surface area contributed by atoms with E-state index in [4.69, 9.17) is 22.4 Å². The molecule has 1 fully saturated rings. The summed E-state index contributed by atoms with van der Waals surface area (Å²) in [7, 11) is 0. The third kappa shape index (κ3) is 2.73. The van der Waals surface area contributed by atoms with Crippen LogP contribution in [-0.4, -0.2) is 9.97 Å². The summed E-state index contributed by atoms with van der Waals surface area (Å²) >= 11 is 7.46. The van der Waals surface area contributed by atoms with Gasteiger partial charge in [-0.2, -0.15) is 0 Å². The minimum absolute atomic E-state index is 0.532. The van der Waals surface area contributed by atoms with Crippen LogP contribution >= 0.6 is 22.9 Å². The molecular formula is C13H15ClN4S. The van der Waals surface area contributed by atoms with E-state index in [2.05, 4.69) is 10.4 Å². The highest BCUT2D eigenvalue weighted by Crippen LogP contribution is 2.35. The monoisotopic (exact) mass is 294 g/mol. The molecule has 0 aliphatic heterocycles. The van der Waals surface area contributed by atoms with Gasteiger partial charge in [0.2, 0.25) is 0 Å². The van der Waals surface area contributed by atoms with Gasteiger partial charge in [-0.15, -0.1) is 11.3 Å². The molecule has 0 aromatic carbocycles. The number of anilines is 1. The Bertz CT molecular complexity index is 578. The Balaban J connectivity index is 2.01. The highest BCUT2D eigenvalue weighted by molar-refractivity contribution is 7.19. The van der Waals surface area contributed by atoms with Crippen LogP contribution in [0.3, 0.4) is 0 Å². The summed E-state index contributed by atoms with van der Waals surface area (Å²) in [5.74, 6) is 7.40. The summed E-state index contributed by atoms with van der Waals surface area (Å²) in [6, 6.07) is 5.76. The van der Waals surface area contributed by atoms with Gasteiger partial charge in [0.1, 0.15) is 5.82 Å². The van der Waals surface area contributed by atoms with Crippen molar-refractivity contribution in [3.05, 3.63) is 28.2 Å². The van der Waals surface area contributed by atoms with Crippen molar-refractivity contribution >= 4 is 28.8 Å². The third-order valence-corrected chi connectivity index (χ3v) is 4.69. The van der Waals surface area contributed by atoms with Crippen LogP contribution in [0.4, 0.5) is 5.82 Å². The first-order chi connectivity index (χ1) is 9.26. The number of nitrogens with one attached hydrogen (secondary N) is 1. The van der Waals surface area contributed by atoms with Crippen molar-refractivity contribution in [2.75, 3.05) is 5.43 Å². The minimum Gasteiger partial charge on any atom is -0.308 e. The lowest BCUT2D eigenvalue weighted by atomic mass is 10.0. The molecule has 0 saturated heterocycles. The molecule has 0 bridgehead atoms. The van der Waals surface area contributed by atoms with Gasteiger partial charge in [-0.05, 0) is 25.0 Å². The maximum Gasteiger partial charge on any atom is 0.171 e. The topological polar surface area (TPSA) is 63.8 Å². The smallest absolute Gasteiger partial charge is 0.171 e. The summed E-state index contributed by atoms with van der Waals surface area (Å²) in [6.45, 7) is 0. The van der Waals surface area contributed by atoms with E-state index in [9.17, 15) is 0 Å². The summed E-state index contributed by atoms with van der Waals surface area (Å²) < 4.78 is 0.743. The SMILES string of the molecule is NNc1cc(C2CCCC2)nc(-c2ccc(Cl)s2)n1. The van der Waals surface area contributed by atoms with E-state index in [1.165, 1.54) is 37.0 Å². The zero-order chi connectivity index (χ0) is 13.2. The number of rotatable bonds is 3. The van der Waals surface area contributed by atoms with E-state index >= 15 is 0 Å². The van der Waals surface area contributed by atoms with Crippen molar-refractivity contribution in [3.63, 3.8) is 0 Å². The van der Waals surface area contributed by atoms with E-state index < -0.39 is 0 Å². The quantitative estimate of drug-likeness (QED) is 0.667. The highest BCUT2D eigenvalue weighted by Gasteiger charge is 2.20. The lowest BCUT2D eigenvalue weighted by molar-refractivity contribution is 0.696. The van der Waals surface area contributed by atoms with Gasteiger partial charge in [0.25, 0.3) is 0 Å². The van der Waals surface area contributed by atoms with Crippen molar-refractivity contribution in [2.24, 2.45) is 5.84 Å². The largest absolute Gasteiger partial charge is 0.308 e. The molecule has 3 rings (SSSR count). The molecule has 0 unspecified atom stereocenters. The number of hydrazine groups is 1. The van der Waals surface area contributed by atoms with Crippen molar-refractivity contribution in [2.45, 2.75) is 31.6 Å². The first-order valence-corrected chi connectivity index (χ1v) is 7.57. The van der Waals surface area contributed by atoms with Crippen molar-refractivity contribution < 1.29 is 0 Å². The van der Waals surface area contributed by atoms with E-state index in [1.807, 2.05) is 18.2 Å². The van der Waals surface area contributed by atoms with Crippen LogP contribution in [0.25, 0.3) is 10.7 Å². The van der Waals surface area contributed by atoms with Gasteiger partial charge < -0.3 is 5.43 Å². The molecule has 1 aliphatic carbocycles. The molecule has 1 saturated carbocycles. The first kappa shape index (κ1) is 12.8. The average Bonchev–Trinajstić information content (AvgIpc) is 3.09. The summed E-state index contributed by atoms with van der Waals surface area (Å²) in [5.41, 5.74) is 3.71. The van der Waals surface area contributed by atoms with Crippen LogP contribution < -0.4 is 11.3 Å². The van der Waals surface area contributed by atoms with Gasteiger partial charge >= 0.3 is 0 Å². The van der Waals surface area contributed by atoms with Crippen LogP contribution in [0.1, 0.15) is 37.3 Å². The fourth-order valence-electron chi connectivity index (χ4n) is 2.52. The number of nitrogens with zero attached hydrogens (tertiary/aromatic N) is 2. The zero-order valence-electron chi connectivity index (χ0n) is 10.4.